The van der Waals surface area contributed by atoms with Crippen molar-refractivity contribution in [3.05, 3.63) is 23.9 Å². The third kappa shape index (κ3) is 6.23. The quantitative estimate of drug-likeness (QED) is 0.447. The van der Waals surface area contributed by atoms with Gasteiger partial charge in [0.2, 0.25) is 11.8 Å². The molecule has 0 aromatic carbocycles. The van der Waals surface area contributed by atoms with Gasteiger partial charge in [0.25, 0.3) is 5.91 Å². The maximum absolute atomic E-state index is 13.5. The Balaban J connectivity index is 2.29. The molecule has 1 aliphatic rings. The second kappa shape index (κ2) is 10.2. The minimum absolute atomic E-state index is 0.0516. The molecule has 2 rings (SSSR count). The van der Waals surface area contributed by atoms with Crippen LogP contribution in [0, 0.1) is 5.92 Å². The van der Waals surface area contributed by atoms with E-state index in [-0.39, 0.29) is 30.5 Å². The first kappa shape index (κ1) is 24.7. The van der Waals surface area contributed by atoms with Gasteiger partial charge in [0.05, 0.1) is 11.8 Å². The number of fused-ring (bicyclic) bond motifs is 1. The number of amides is 3. The second-order valence-electron chi connectivity index (χ2n) is 8.08. The first-order valence-corrected chi connectivity index (χ1v) is 12.2. The maximum atomic E-state index is 13.5. The van der Waals surface area contributed by atoms with Crippen molar-refractivity contribution in [1.82, 2.24) is 20.9 Å². The van der Waals surface area contributed by atoms with Gasteiger partial charge in [0, 0.05) is 25.4 Å². The Morgan fingerprint density at radius 2 is 1.94 bits per heavy atom. The van der Waals surface area contributed by atoms with Crippen molar-refractivity contribution in [2.24, 2.45) is 5.92 Å². The molecule has 2 heterocycles. The molecule has 0 fully saturated rings. The Labute approximate surface area is 183 Å². The van der Waals surface area contributed by atoms with Crippen LogP contribution < -0.4 is 20.9 Å². The van der Waals surface area contributed by atoms with Gasteiger partial charge in [-0.25, -0.2) is 13.4 Å². The van der Waals surface area contributed by atoms with E-state index in [0.29, 0.717) is 5.82 Å². The van der Waals surface area contributed by atoms with Crippen molar-refractivity contribution >= 4 is 33.4 Å². The highest BCUT2D eigenvalue weighted by Gasteiger charge is 2.42. The normalized spacial score (nSPS) is 17.7. The zero-order valence-corrected chi connectivity index (χ0v) is 19.3. The van der Waals surface area contributed by atoms with E-state index in [2.05, 4.69) is 20.9 Å². The average Bonchev–Trinajstić information content (AvgIpc) is 3.09. The van der Waals surface area contributed by atoms with Gasteiger partial charge in [-0.3, -0.25) is 19.3 Å². The lowest BCUT2D eigenvalue weighted by Gasteiger charge is -2.31. The Bertz CT molecular complexity index is 934. The van der Waals surface area contributed by atoms with Gasteiger partial charge in [-0.05, 0) is 31.5 Å². The van der Waals surface area contributed by atoms with Crippen molar-refractivity contribution in [2.45, 2.75) is 45.3 Å². The van der Waals surface area contributed by atoms with Crippen LogP contribution in [-0.2, 0) is 30.6 Å². The number of rotatable bonds is 9. The van der Waals surface area contributed by atoms with Crippen LogP contribution in [0.5, 0.6) is 0 Å². The summed E-state index contributed by atoms with van der Waals surface area (Å²) in [6.07, 6.45) is 2.88. The lowest BCUT2D eigenvalue weighted by molar-refractivity contribution is -0.131. The molecule has 0 saturated heterocycles. The standard InChI is InChI=1S/C20H31N5O5S/c1-12(2)16(24-18(26)13(3)21-4)20(28)25-15(11-14-7-6-8-22-17(14)25)19(27)23-9-10-31(5,29)30/h6-8,12-13,15-16,21H,9-11H2,1-5H3,(H,23,27)(H,24,26)/t13-,15-,16-/m0/s1. The smallest absolute Gasteiger partial charge is 0.251 e. The zero-order chi connectivity index (χ0) is 23.3. The van der Waals surface area contributed by atoms with E-state index < -0.39 is 39.8 Å². The largest absolute Gasteiger partial charge is 0.353 e. The minimum atomic E-state index is -3.24. The van der Waals surface area contributed by atoms with E-state index in [4.69, 9.17) is 0 Å². The summed E-state index contributed by atoms with van der Waals surface area (Å²) < 4.78 is 22.7. The first-order chi connectivity index (χ1) is 14.5. The van der Waals surface area contributed by atoms with Crippen molar-refractivity contribution in [3.63, 3.8) is 0 Å². The molecule has 1 aliphatic heterocycles. The predicted octanol–water partition coefficient (Wildman–Crippen LogP) is -0.751. The highest BCUT2D eigenvalue weighted by Crippen LogP contribution is 2.31. The summed E-state index contributed by atoms with van der Waals surface area (Å²) in [6, 6.07) is 1.28. The Kier molecular flexibility index (Phi) is 8.13. The van der Waals surface area contributed by atoms with Gasteiger partial charge in [-0.1, -0.05) is 19.9 Å². The molecule has 10 nitrogen and oxygen atoms in total. The van der Waals surface area contributed by atoms with Crippen LogP contribution >= 0.6 is 0 Å². The molecule has 0 bridgehead atoms. The number of hydrogen-bond donors (Lipinski definition) is 3. The molecule has 0 radical (unpaired) electrons. The van der Waals surface area contributed by atoms with Crippen molar-refractivity contribution in [2.75, 3.05) is 30.5 Å². The van der Waals surface area contributed by atoms with E-state index in [0.717, 1.165) is 11.8 Å². The molecule has 0 saturated carbocycles. The predicted molar refractivity (Wildman–Crippen MR) is 117 cm³/mol. The van der Waals surface area contributed by atoms with Gasteiger partial charge in [-0.2, -0.15) is 0 Å². The highest BCUT2D eigenvalue weighted by atomic mass is 32.2. The van der Waals surface area contributed by atoms with E-state index in [9.17, 15) is 22.8 Å². The maximum Gasteiger partial charge on any atom is 0.251 e. The highest BCUT2D eigenvalue weighted by molar-refractivity contribution is 7.90. The summed E-state index contributed by atoms with van der Waals surface area (Å²) in [4.78, 5) is 44.4. The van der Waals surface area contributed by atoms with Gasteiger partial charge in [-0.15, -0.1) is 0 Å². The summed E-state index contributed by atoms with van der Waals surface area (Å²) >= 11 is 0. The van der Waals surface area contributed by atoms with Crippen LogP contribution in [0.2, 0.25) is 0 Å². The third-order valence-corrected chi connectivity index (χ3v) is 6.14. The van der Waals surface area contributed by atoms with E-state index >= 15 is 0 Å². The summed E-state index contributed by atoms with van der Waals surface area (Å²) in [6.45, 7) is 5.25. The number of pyridine rings is 1. The molecule has 3 atom stereocenters. The fourth-order valence-corrected chi connectivity index (χ4v) is 3.74. The zero-order valence-electron chi connectivity index (χ0n) is 18.5. The summed E-state index contributed by atoms with van der Waals surface area (Å²) in [5.41, 5.74) is 0.733. The van der Waals surface area contributed by atoms with E-state index in [1.807, 2.05) is 13.8 Å². The number of anilines is 1. The van der Waals surface area contributed by atoms with Crippen LogP contribution in [-0.4, -0.2) is 74.8 Å². The van der Waals surface area contributed by atoms with Crippen molar-refractivity contribution in [1.29, 1.82) is 0 Å². The number of carbonyl (C=O) groups excluding carboxylic acids is 3. The molecule has 31 heavy (non-hydrogen) atoms. The number of sulfone groups is 1. The summed E-state index contributed by atoms with van der Waals surface area (Å²) in [5.74, 6) is -1.29. The van der Waals surface area contributed by atoms with Gasteiger partial charge in [0.1, 0.15) is 27.7 Å². The fourth-order valence-electron chi connectivity index (χ4n) is 3.27. The van der Waals surface area contributed by atoms with Crippen LogP contribution in [0.1, 0.15) is 26.3 Å². The second-order valence-corrected chi connectivity index (χ2v) is 10.3. The SMILES string of the molecule is CN[C@@H](C)C(=O)N[C@H](C(=O)N1c2ncccc2C[C@H]1C(=O)NCCS(C)(=O)=O)C(C)C. The van der Waals surface area contributed by atoms with Crippen LogP contribution in [0.25, 0.3) is 0 Å². The van der Waals surface area contributed by atoms with E-state index in [1.54, 1.807) is 26.1 Å². The molecule has 3 amide bonds. The molecule has 0 unspecified atom stereocenters. The minimum Gasteiger partial charge on any atom is -0.353 e. The van der Waals surface area contributed by atoms with Crippen molar-refractivity contribution < 1.29 is 22.8 Å². The summed E-state index contributed by atoms with van der Waals surface area (Å²) in [5, 5.41) is 8.20. The molecule has 11 heteroatoms. The number of carbonyl (C=O) groups is 3. The molecular formula is C20H31N5O5S. The van der Waals surface area contributed by atoms with E-state index in [1.165, 1.54) is 11.1 Å². The topological polar surface area (TPSA) is 138 Å². The molecule has 0 spiro atoms. The molecule has 172 valence electrons. The monoisotopic (exact) mass is 453 g/mol. The Morgan fingerprint density at radius 3 is 2.52 bits per heavy atom. The lowest BCUT2D eigenvalue weighted by atomic mass is 10.0. The van der Waals surface area contributed by atoms with Gasteiger partial charge < -0.3 is 16.0 Å². The van der Waals surface area contributed by atoms with Crippen LogP contribution in [0.4, 0.5) is 5.82 Å². The number of hydrogen-bond acceptors (Lipinski definition) is 7. The van der Waals surface area contributed by atoms with Gasteiger partial charge in [0.15, 0.2) is 0 Å². The molecule has 1 aromatic heterocycles. The van der Waals surface area contributed by atoms with Crippen LogP contribution in [0.15, 0.2) is 18.3 Å². The average molecular weight is 454 g/mol. The molecule has 0 aliphatic carbocycles. The number of nitrogens with zero attached hydrogens (tertiary/aromatic N) is 2. The Morgan fingerprint density at radius 1 is 1.26 bits per heavy atom. The fraction of sp³-hybridized carbons (Fsp3) is 0.600. The number of aromatic nitrogens is 1. The molecular weight excluding hydrogens is 422 g/mol. The lowest BCUT2D eigenvalue weighted by Crippen LogP contribution is -2.58. The number of likely N-dealkylation sites (N-methyl/N-ethyl adjacent to an activating group) is 1. The third-order valence-electron chi connectivity index (χ3n) is 5.19. The molecule has 3 N–H and O–H groups in total. The van der Waals surface area contributed by atoms with Crippen LogP contribution in [0.3, 0.4) is 0 Å². The summed E-state index contributed by atoms with van der Waals surface area (Å²) in [7, 11) is -1.59. The van der Waals surface area contributed by atoms with Crippen molar-refractivity contribution in [3.8, 4) is 0 Å². The molecule has 1 aromatic rings. The number of nitrogens with one attached hydrogen (secondary N) is 3. The van der Waals surface area contributed by atoms with Gasteiger partial charge >= 0.3 is 0 Å². The Hall–Kier alpha value is -2.53. The first-order valence-electron chi connectivity index (χ1n) is 10.2.